The lowest BCUT2D eigenvalue weighted by molar-refractivity contribution is 1.06. The molecule has 0 atom stereocenters. The summed E-state index contributed by atoms with van der Waals surface area (Å²) in [4.78, 5) is 37.7. The topological polar surface area (TPSA) is 97.5 Å². The van der Waals surface area contributed by atoms with Crippen molar-refractivity contribution < 1.29 is 0 Å². The molecule has 2 fully saturated rings. The van der Waals surface area contributed by atoms with Crippen LogP contribution >= 0.6 is 0 Å². The summed E-state index contributed by atoms with van der Waals surface area (Å²) in [6, 6.07) is 3.60. The van der Waals surface area contributed by atoms with E-state index in [1.807, 2.05) is 0 Å². The fourth-order valence-electron chi connectivity index (χ4n) is 1.67. The molecule has 0 radical (unpaired) electrons. The molecule has 2 aromatic rings. The van der Waals surface area contributed by atoms with Crippen LogP contribution in [0.4, 0.5) is 11.6 Å². The van der Waals surface area contributed by atoms with Gasteiger partial charge >= 0.3 is 11.4 Å². The Bertz CT molecular complexity index is 640. The van der Waals surface area contributed by atoms with Crippen molar-refractivity contribution in [3.8, 4) is 0 Å². The van der Waals surface area contributed by atoms with Crippen molar-refractivity contribution in [1.82, 2.24) is 19.9 Å². The Hall–Kier alpha value is -2.64. The van der Waals surface area contributed by atoms with Gasteiger partial charge in [-0.05, 0) is 12.1 Å². The van der Waals surface area contributed by atoms with Gasteiger partial charge in [0.1, 0.15) is 11.6 Å². The van der Waals surface area contributed by atoms with Crippen molar-refractivity contribution >= 4 is 11.6 Å². The second-order valence-electron chi connectivity index (χ2n) is 4.49. The molecule has 8 heteroatoms. The molecule has 0 aromatic carbocycles. The minimum atomic E-state index is -0.274. The molecule has 2 aromatic heterocycles. The number of nitrogens with one attached hydrogen (secondary N) is 2. The summed E-state index contributed by atoms with van der Waals surface area (Å²) in [6.45, 7) is 4.17. The van der Waals surface area contributed by atoms with Gasteiger partial charge in [-0.2, -0.15) is 0 Å². The maximum atomic E-state index is 10.6. The fraction of sp³-hybridized carbons (Fsp3) is 0.333. The summed E-state index contributed by atoms with van der Waals surface area (Å²) in [5.74, 6) is 1.75. The van der Waals surface area contributed by atoms with Crippen LogP contribution in [0.15, 0.2) is 34.1 Å². The second kappa shape index (κ2) is 5.16. The van der Waals surface area contributed by atoms with Gasteiger partial charge in [-0.15, -0.1) is 0 Å². The zero-order chi connectivity index (χ0) is 13.9. The van der Waals surface area contributed by atoms with Gasteiger partial charge in [0.2, 0.25) is 0 Å². The average Bonchev–Trinajstić information content (AvgIpc) is 3.31. The lowest BCUT2D eigenvalue weighted by atomic mass is 10.6. The molecule has 8 nitrogen and oxygen atoms in total. The van der Waals surface area contributed by atoms with Crippen molar-refractivity contribution in [3.05, 3.63) is 45.5 Å². The average molecular weight is 274 g/mol. The number of anilines is 2. The number of aromatic amines is 2. The van der Waals surface area contributed by atoms with Crippen LogP contribution in [0.2, 0.25) is 0 Å². The van der Waals surface area contributed by atoms with Crippen molar-refractivity contribution in [2.45, 2.75) is 0 Å². The highest BCUT2D eigenvalue weighted by Crippen LogP contribution is 2.14. The molecule has 4 rings (SSSR count). The first-order valence-electron chi connectivity index (χ1n) is 6.33. The first-order chi connectivity index (χ1) is 9.72. The molecular weight excluding hydrogens is 260 g/mol. The zero-order valence-corrected chi connectivity index (χ0v) is 10.7. The Morgan fingerprint density at radius 2 is 1.20 bits per heavy atom. The third-order valence-electron chi connectivity index (χ3n) is 2.89. The largest absolute Gasteiger partial charge is 0.354 e. The van der Waals surface area contributed by atoms with E-state index < -0.39 is 0 Å². The van der Waals surface area contributed by atoms with Gasteiger partial charge in [0, 0.05) is 38.6 Å². The molecule has 2 aliphatic rings. The zero-order valence-electron chi connectivity index (χ0n) is 10.7. The third kappa shape index (κ3) is 3.22. The van der Waals surface area contributed by atoms with E-state index in [1.165, 1.54) is 12.4 Å². The van der Waals surface area contributed by atoms with Crippen LogP contribution in [0, 0.1) is 0 Å². The summed E-state index contributed by atoms with van der Waals surface area (Å²) in [6.07, 6.45) is 3.04. The minimum absolute atomic E-state index is 0.274. The van der Waals surface area contributed by atoms with E-state index in [0.29, 0.717) is 0 Å². The smallest absolute Gasteiger partial charge is 0.346 e. The van der Waals surface area contributed by atoms with E-state index in [9.17, 15) is 9.59 Å². The monoisotopic (exact) mass is 274 g/mol. The molecule has 2 N–H and O–H groups in total. The van der Waals surface area contributed by atoms with Crippen molar-refractivity contribution in [1.29, 1.82) is 0 Å². The molecule has 0 aliphatic carbocycles. The maximum Gasteiger partial charge on any atom is 0.346 e. The van der Waals surface area contributed by atoms with Crippen molar-refractivity contribution in [2.75, 3.05) is 36.0 Å². The predicted molar refractivity (Wildman–Crippen MR) is 74.1 cm³/mol. The molecule has 0 saturated carbocycles. The van der Waals surface area contributed by atoms with E-state index >= 15 is 0 Å². The highest BCUT2D eigenvalue weighted by Gasteiger charge is 2.18. The molecule has 20 heavy (non-hydrogen) atoms. The van der Waals surface area contributed by atoms with E-state index in [2.05, 4.69) is 29.7 Å². The van der Waals surface area contributed by atoms with Gasteiger partial charge in [0.15, 0.2) is 0 Å². The summed E-state index contributed by atoms with van der Waals surface area (Å²) in [7, 11) is 0. The first kappa shape index (κ1) is 12.4. The first-order valence-corrected chi connectivity index (χ1v) is 6.33. The number of nitrogens with zero attached hydrogens (tertiary/aromatic N) is 4. The predicted octanol–water partition coefficient (Wildman–Crippen LogP) is -0.820. The summed E-state index contributed by atoms with van der Waals surface area (Å²) in [5, 5.41) is 0. The SMILES string of the molecule is O=c1nccc(N2CC2)[nH]1.O=c1nccc(N2CC2)[nH]1. The highest BCUT2D eigenvalue weighted by molar-refractivity contribution is 5.43. The van der Waals surface area contributed by atoms with Gasteiger partial charge in [-0.3, -0.25) is 9.97 Å². The Morgan fingerprint density at radius 1 is 0.800 bits per heavy atom. The lowest BCUT2D eigenvalue weighted by Gasteiger charge is -1.97. The highest BCUT2D eigenvalue weighted by atomic mass is 16.1. The van der Waals surface area contributed by atoms with E-state index in [4.69, 9.17) is 0 Å². The van der Waals surface area contributed by atoms with Crippen molar-refractivity contribution in [3.63, 3.8) is 0 Å². The summed E-state index contributed by atoms with van der Waals surface area (Å²) < 4.78 is 0. The van der Waals surface area contributed by atoms with Crippen LogP contribution in [-0.2, 0) is 0 Å². The number of H-pyrrole nitrogens is 2. The van der Waals surface area contributed by atoms with E-state index in [-0.39, 0.29) is 11.4 Å². The van der Waals surface area contributed by atoms with Crippen LogP contribution in [-0.4, -0.2) is 46.1 Å². The number of hydrogen-bond donors (Lipinski definition) is 2. The number of aromatic nitrogens is 4. The quantitative estimate of drug-likeness (QED) is 0.694. The van der Waals surface area contributed by atoms with E-state index in [1.54, 1.807) is 12.1 Å². The minimum Gasteiger partial charge on any atom is -0.354 e. The van der Waals surface area contributed by atoms with Gasteiger partial charge in [-0.25, -0.2) is 19.6 Å². The van der Waals surface area contributed by atoms with Crippen LogP contribution in [0.5, 0.6) is 0 Å². The maximum absolute atomic E-state index is 10.6. The third-order valence-corrected chi connectivity index (χ3v) is 2.89. The lowest BCUT2D eigenvalue weighted by Crippen LogP contribution is -2.11. The standard InChI is InChI=1S/2C6H7N3O/c2*10-6-7-2-1-5(8-6)9-3-4-9/h2*1-2H,3-4H2,(H,7,8,10). The summed E-state index contributed by atoms with van der Waals surface area (Å²) in [5.41, 5.74) is -0.547. The number of rotatable bonds is 2. The van der Waals surface area contributed by atoms with Crippen LogP contribution in [0.25, 0.3) is 0 Å². The molecule has 0 amide bonds. The second-order valence-corrected chi connectivity index (χ2v) is 4.49. The Balaban J connectivity index is 0.000000121. The van der Waals surface area contributed by atoms with E-state index in [0.717, 1.165) is 37.8 Å². The van der Waals surface area contributed by atoms with Crippen LogP contribution < -0.4 is 21.2 Å². The van der Waals surface area contributed by atoms with Gasteiger partial charge in [0.05, 0.1) is 0 Å². The number of hydrogen-bond acceptors (Lipinski definition) is 6. The molecule has 0 spiro atoms. The Morgan fingerprint density at radius 3 is 1.50 bits per heavy atom. The summed E-state index contributed by atoms with van der Waals surface area (Å²) >= 11 is 0. The molecule has 0 bridgehead atoms. The van der Waals surface area contributed by atoms with Gasteiger partial charge in [-0.1, -0.05) is 0 Å². The van der Waals surface area contributed by atoms with Gasteiger partial charge in [0.25, 0.3) is 0 Å². The molecule has 2 aliphatic heterocycles. The molecular formula is C12H14N6O2. The van der Waals surface area contributed by atoms with Crippen molar-refractivity contribution in [2.24, 2.45) is 0 Å². The molecule has 0 unspecified atom stereocenters. The fourth-order valence-corrected chi connectivity index (χ4v) is 1.67. The molecule has 104 valence electrons. The van der Waals surface area contributed by atoms with Crippen LogP contribution in [0.1, 0.15) is 0 Å². The Labute approximate surface area is 114 Å². The Kier molecular flexibility index (Phi) is 3.20. The van der Waals surface area contributed by atoms with Crippen LogP contribution in [0.3, 0.4) is 0 Å². The normalized spacial score (nSPS) is 15.4. The molecule has 2 saturated heterocycles. The van der Waals surface area contributed by atoms with Gasteiger partial charge < -0.3 is 9.80 Å². The molecule has 4 heterocycles.